The molecule has 6 heteroatoms. The normalized spacial score (nSPS) is 10.9. The van der Waals surface area contributed by atoms with E-state index in [1.54, 1.807) is 12.1 Å². The van der Waals surface area contributed by atoms with Gasteiger partial charge >= 0.3 is 0 Å². The van der Waals surface area contributed by atoms with Crippen molar-refractivity contribution in [3.63, 3.8) is 0 Å². The Kier molecular flexibility index (Phi) is 7.45. The summed E-state index contributed by atoms with van der Waals surface area (Å²) in [5, 5.41) is 12.3. The van der Waals surface area contributed by atoms with Crippen molar-refractivity contribution in [2.75, 3.05) is 5.32 Å². The summed E-state index contributed by atoms with van der Waals surface area (Å²) >= 11 is 6.95. The van der Waals surface area contributed by atoms with E-state index < -0.39 is 5.91 Å². The number of ether oxygens (including phenoxy) is 1. The Labute approximate surface area is 192 Å². The molecule has 4 nitrogen and oxygen atoms in total. The highest BCUT2D eigenvalue weighted by Gasteiger charge is 2.12. The molecule has 3 aromatic rings. The number of benzene rings is 3. The highest BCUT2D eigenvalue weighted by atomic mass is 79.9. The molecule has 30 heavy (non-hydrogen) atoms. The average Bonchev–Trinajstić information content (AvgIpc) is 2.72. The third-order valence-corrected chi connectivity index (χ3v) is 5.52. The van der Waals surface area contributed by atoms with Gasteiger partial charge < -0.3 is 10.1 Å². The molecule has 150 valence electrons. The summed E-state index contributed by atoms with van der Waals surface area (Å²) in [6, 6.07) is 22.7. The summed E-state index contributed by atoms with van der Waals surface area (Å²) in [6.45, 7) is 2.29. The lowest BCUT2D eigenvalue weighted by molar-refractivity contribution is -0.112. The van der Waals surface area contributed by atoms with Crippen molar-refractivity contribution in [3.8, 4) is 11.8 Å². The topological polar surface area (TPSA) is 62.1 Å². The first-order valence-corrected chi connectivity index (χ1v) is 10.7. The Hall–Kier alpha value is -2.88. The van der Waals surface area contributed by atoms with Crippen molar-refractivity contribution in [1.29, 1.82) is 5.26 Å². The van der Waals surface area contributed by atoms with Crippen molar-refractivity contribution in [2.24, 2.45) is 0 Å². The zero-order valence-corrected chi connectivity index (χ0v) is 19.3. The van der Waals surface area contributed by atoms with Gasteiger partial charge in [-0.15, -0.1) is 0 Å². The SMILES string of the molecule is Cc1cccc(NC(=O)/C(C#N)=C/c2cc(Br)ccc2OCc2ccccc2Br)c1. The van der Waals surface area contributed by atoms with Gasteiger partial charge in [0.15, 0.2) is 0 Å². The van der Waals surface area contributed by atoms with Crippen LogP contribution in [0, 0.1) is 18.3 Å². The van der Waals surface area contributed by atoms with Crippen LogP contribution in [0.5, 0.6) is 5.75 Å². The smallest absolute Gasteiger partial charge is 0.266 e. The number of amides is 1. The van der Waals surface area contributed by atoms with E-state index in [4.69, 9.17) is 4.74 Å². The molecule has 0 aliphatic rings. The van der Waals surface area contributed by atoms with Crippen LogP contribution in [0.25, 0.3) is 6.08 Å². The lowest BCUT2D eigenvalue weighted by Gasteiger charge is -2.12. The van der Waals surface area contributed by atoms with Gasteiger partial charge in [-0.2, -0.15) is 5.26 Å². The molecule has 0 aliphatic heterocycles. The molecule has 1 amide bonds. The van der Waals surface area contributed by atoms with E-state index in [1.165, 1.54) is 6.08 Å². The molecule has 0 heterocycles. The molecule has 0 radical (unpaired) electrons. The lowest BCUT2D eigenvalue weighted by atomic mass is 10.1. The maximum absolute atomic E-state index is 12.6. The van der Waals surface area contributed by atoms with E-state index in [-0.39, 0.29) is 5.57 Å². The second-order valence-corrected chi connectivity index (χ2v) is 8.33. The summed E-state index contributed by atoms with van der Waals surface area (Å²) in [5.41, 5.74) is 3.27. The van der Waals surface area contributed by atoms with Crippen LogP contribution >= 0.6 is 31.9 Å². The number of nitriles is 1. The van der Waals surface area contributed by atoms with Crippen LogP contribution in [-0.2, 0) is 11.4 Å². The molecule has 3 rings (SSSR count). The van der Waals surface area contributed by atoms with Gasteiger partial charge in [-0.1, -0.05) is 62.2 Å². The number of anilines is 1. The zero-order valence-electron chi connectivity index (χ0n) is 16.2. The summed E-state index contributed by atoms with van der Waals surface area (Å²) in [4.78, 5) is 12.6. The lowest BCUT2D eigenvalue weighted by Crippen LogP contribution is -2.13. The molecule has 0 unspecified atom stereocenters. The zero-order chi connectivity index (χ0) is 21.5. The highest BCUT2D eigenvalue weighted by molar-refractivity contribution is 9.10. The monoisotopic (exact) mass is 524 g/mol. The van der Waals surface area contributed by atoms with Crippen molar-refractivity contribution in [3.05, 3.63) is 97.9 Å². The van der Waals surface area contributed by atoms with Crippen molar-refractivity contribution < 1.29 is 9.53 Å². The van der Waals surface area contributed by atoms with E-state index in [9.17, 15) is 10.1 Å². The van der Waals surface area contributed by atoms with Crippen LogP contribution in [0.1, 0.15) is 16.7 Å². The van der Waals surface area contributed by atoms with Gasteiger partial charge in [0.05, 0.1) is 0 Å². The third-order valence-electron chi connectivity index (χ3n) is 4.25. The molecule has 1 N–H and O–H groups in total. The molecule has 0 saturated heterocycles. The number of hydrogen-bond donors (Lipinski definition) is 1. The summed E-state index contributed by atoms with van der Waals surface area (Å²) in [6.07, 6.45) is 1.53. The van der Waals surface area contributed by atoms with Gasteiger partial charge in [0, 0.05) is 25.8 Å². The number of nitrogens with zero attached hydrogens (tertiary/aromatic N) is 1. The van der Waals surface area contributed by atoms with Gasteiger partial charge in [0.1, 0.15) is 24.0 Å². The number of carbonyl (C=O) groups is 1. The quantitative estimate of drug-likeness (QED) is 0.289. The number of rotatable bonds is 6. The van der Waals surface area contributed by atoms with E-state index >= 15 is 0 Å². The minimum absolute atomic E-state index is 0.0136. The Morgan fingerprint density at radius 1 is 1.10 bits per heavy atom. The predicted octanol–water partition coefficient (Wildman–Crippen LogP) is 6.64. The van der Waals surface area contributed by atoms with E-state index in [0.29, 0.717) is 23.6 Å². The fourth-order valence-corrected chi connectivity index (χ4v) is 3.54. The van der Waals surface area contributed by atoms with Crippen LogP contribution in [0.15, 0.2) is 81.2 Å². The van der Waals surface area contributed by atoms with Gasteiger partial charge in [-0.05, 0) is 55.0 Å². The molecule has 0 bridgehead atoms. The summed E-state index contributed by atoms with van der Waals surface area (Å²) in [5.74, 6) is 0.102. The Morgan fingerprint density at radius 2 is 1.90 bits per heavy atom. The Balaban J connectivity index is 1.84. The number of aryl methyl sites for hydroxylation is 1. The number of halogens is 2. The molecule has 0 aliphatic carbocycles. The van der Waals surface area contributed by atoms with Crippen molar-refractivity contribution in [1.82, 2.24) is 0 Å². The van der Waals surface area contributed by atoms with Gasteiger partial charge in [-0.25, -0.2) is 0 Å². The fourth-order valence-electron chi connectivity index (χ4n) is 2.76. The van der Waals surface area contributed by atoms with Crippen LogP contribution in [0.3, 0.4) is 0 Å². The number of carbonyl (C=O) groups excluding carboxylic acids is 1. The van der Waals surface area contributed by atoms with Gasteiger partial charge in [0.25, 0.3) is 5.91 Å². The minimum atomic E-state index is -0.472. The van der Waals surface area contributed by atoms with E-state index in [1.807, 2.05) is 67.6 Å². The van der Waals surface area contributed by atoms with Crippen LogP contribution in [-0.4, -0.2) is 5.91 Å². The van der Waals surface area contributed by atoms with Crippen LogP contribution in [0.4, 0.5) is 5.69 Å². The molecule has 0 fully saturated rings. The molecule has 3 aromatic carbocycles. The average molecular weight is 526 g/mol. The van der Waals surface area contributed by atoms with E-state index in [0.717, 1.165) is 20.1 Å². The fraction of sp³-hybridized carbons (Fsp3) is 0.0833. The van der Waals surface area contributed by atoms with Crippen molar-refractivity contribution >= 4 is 49.5 Å². The molecule has 0 saturated carbocycles. The Morgan fingerprint density at radius 3 is 2.63 bits per heavy atom. The van der Waals surface area contributed by atoms with E-state index in [2.05, 4.69) is 37.2 Å². The minimum Gasteiger partial charge on any atom is -0.488 e. The molecule has 0 atom stereocenters. The number of hydrogen-bond acceptors (Lipinski definition) is 3. The van der Waals surface area contributed by atoms with Gasteiger partial charge in [-0.3, -0.25) is 4.79 Å². The largest absolute Gasteiger partial charge is 0.488 e. The molecular weight excluding hydrogens is 508 g/mol. The summed E-state index contributed by atoms with van der Waals surface area (Å²) in [7, 11) is 0. The summed E-state index contributed by atoms with van der Waals surface area (Å²) < 4.78 is 7.75. The first kappa shape index (κ1) is 21.8. The highest BCUT2D eigenvalue weighted by Crippen LogP contribution is 2.27. The second-order valence-electron chi connectivity index (χ2n) is 6.56. The molecule has 0 spiro atoms. The Bertz CT molecular complexity index is 1150. The standard InChI is InChI=1S/C24H18Br2N2O2/c1-16-5-4-7-21(11-16)28-24(29)19(14-27)12-18-13-20(25)9-10-23(18)30-15-17-6-2-3-8-22(17)26/h2-13H,15H2,1H3,(H,28,29)/b19-12+. The molecular formula is C24H18Br2N2O2. The first-order chi connectivity index (χ1) is 14.5. The maximum Gasteiger partial charge on any atom is 0.266 e. The second kappa shape index (κ2) is 10.2. The van der Waals surface area contributed by atoms with Gasteiger partial charge in [0.2, 0.25) is 0 Å². The van der Waals surface area contributed by atoms with Crippen LogP contribution < -0.4 is 10.1 Å². The third kappa shape index (κ3) is 5.82. The molecule has 0 aromatic heterocycles. The predicted molar refractivity (Wildman–Crippen MR) is 126 cm³/mol. The maximum atomic E-state index is 12.6. The van der Waals surface area contributed by atoms with Crippen molar-refractivity contribution in [2.45, 2.75) is 13.5 Å². The van der Waals surface area contributed by atoms with Crippen LogP contribution in [0.2, 0.25) is 0 Å². The first-order valence-electron chi connectivity index (χ1n) is 9.12. The number of nitrogens with one attached hydrogen (secondary N) is 1.